The van der Waals surface area contributed by atoms with Crippen molar-refractivity contribution in [1.82, 2.24) is 0 Å². The second kappa shape index (κ2) is 22.2. The van der Waals surface area contributed by atoms with E-state index < -0.39 is 7.40 Å². The zero-order valence-corrected chi connectivity index (χ0v) is 33.7. The fraction of sp³-hybridized carbons (Fsp3) is 0.150. The molecule has 0 aliphatic rings. The zero-order valence-electron chi connectivity index (χ0n) is 30.4. The minimum absolute atomic E-state index is 0.848. The second-order valence-corrected chi connectivity index (χ2v) is 15.3. The van der Waals surface area contributed by atoms with E-state index in [1.807, 2.05) is 98.8 Å². The number of aryl methyl sites for hydroxylation is 2. The van der Waals surface area contributed by atoms with E-state index >= 15 is 0 Å². The molecule has 8 nitrogen and oxygen atoms in total. The quantitative estimate of drug-likeness (QED) is 0.0869. The smallest absolute Gasteiger partial charge is 0.393 e. The third-order valence-corrected chi connectivity index (χ3v) is 10.7. The molecule has 0 atom stereocenters. The molecular formula is C40H38BFO8S4. The maximum absolute atomic E-state index is 9.89. The molecule has 54 heavy (non-hydrogen) atoms. The highest BCUT2D eigenvalue weighted by atomic mass is 32.2. The molecule has 0 spiro atoms. The SMILES string of the molecule is COc1ccc(Sc2cc(C)[o+]c(Sc3ccc(OC)cc3)c2)cc1.COc1ccc(Sc2cc(C)[o+]c(Sc3ccc(OC)cc3)c2)cc1.[O-]B([O-])F. The van der Waals surface area contributed by atoms with Crippen LogP contribution in [-0.2, 0) is 0 Å². The van der Waals surface area contributed by atoms with Crippen LogP contribution in [0.5, 0.6) is 23.0 Å². The van der Waals surface area contributed by atoms with Gasteiger partial charge in [-0.25, -0.2) is 8.83 Å². The molecule has 0 fully saturated rings. The van der Waals surface area contributed by atoms with E-state index in [9.17, 15) is 4.32 Å². The number of methoxy groups -OCH3 is 4. The average Bonchev–Trinajstić information content (AvgIpc) is 3.16. The standard InChI is InChI=1S/2C20H19O3S2.BFO2/c2*1-14-12-19(24-17-8-4-15(21-2)5-9-17)13-20(23-14)25-18-10-6-16(22-3)7-11-18;2-1(3)4/h2*4-13H,1-3H3;/q2*+1;-2. The fourth-order valence-electron chi connectivity index (χ4n) is 4.45. The van der Waals surface area contributed by atoms with Crippen LogP contribution in [0.25, 0.3) is 0 Å². The summed E-state index contributed by atoms with van der Waals surface area (Å²) in [6.45, 7) is 3.94. The summed E-state index contributed by atoms with van der Waals surface area (Å²) in [6.07, 6.45) is 0. The topological polar surface area (TPSA) is 106 Å². The van der Waals surface area contributed by atoms with Gasteiger partial charge in [0.1, 0.15) is 30.4 Å². The van der Waals surface area contributed by atoms with Crippen molar-refractivity contribution in [3.8, 4) is 23.0 Å². The summed E-state index contributed by atoms with van der Waals surface area (Å²) in [7, 11) is 3.52. The molecule has 0 N–H and O–H groups in total. The Morgan fingerprint density at radius 1 is 0.426 bits per heavy atom. The van der Waals surface area contributed by atoms with E-state index in [0.717, 1.165) is 74.1 Å². The van der Waals surface area contributed by atoms with E-state index in [1.165, 1.54) is 0 Å². The summed E-state index contributed by atoms with van der Waals surface area (Å²) < 4.78 is 42.4. The molecular weight excluding hydrogens is 767 g/mol. The highest BCUT2D eigenvalue weighted by Gasteiger charge is 2.17. The van der Waals surface area contributed by atoms with E-state index in [4.69, 9.17) is 37.8 Å². The molecule has 0 aliphatic carbocycles. The van der Waals surface area contributed by atoms with Crippen LogP contribution in [0.2, 0.25) is 0 Å². The number of rotatable bonds is 12. The number of ether oxygens (including phenoxy) is 4. The largest absolute Gasteiger partial charge is 0.867 e. The Kier molecular flexibility index (Phi) is 17.4. The van der Waals surface area contributed by atoms with E-state index in [2.05, 4.69) is 36.4 Å². The number of benzene rings is 4. The molecule has 280 valence electrons. The molecule has 0 radical (unpaired) electrons. The third kappa shape index (κ3) is 14.8. The van der Waals surface area contributed by atoms with Crippen molar-refractivity contribution in [1.29, 1.82) is 0 Å². The van der Waals surface area contributed by atoms with Crippen molar-refractivity contribution in [3.05, 3.63) is 133 Å². The number of hydrogen-bond donors (Lipinski definition) is 0. The van der Waals surface area contributed by atoms with Gasteiger partial charge in [-0.05, 0) is 97.1 Å². The lowest BCUT2D eigenvalue weighted by Crippen LogP contribution is -2.39. The average molecular weight is 805 g/mol. The first-order valence-electron chi connectivity index (χ1n) is 16.2. The molecule has 2 aromatic heterocycles. The van der Waals surface area contributed by atoms with Gasteiger partial charge >= 0.3 is 21.7 Å². The first kappa shape index (κ1) is 42.4. The maximum Gasteiger partial charge on any atom is 0.393 e. The van der Waals surface area contributed by atoms with Gasteiger partial charge in [0.05, 0.1) is 66.6 Å². The molecule has 2 heterocycles. The Hall–Kier alpha value is -4.31. The summed E-state index contributed by atoms with van der Waals surface area (Å²) in [5.74, 6) is 5.19. The van der Waals surface area contributed by atoms with Gasteiger partial charge in [-0.2, -0.15) is 0 Å². The van der Waals surface area contributed by atoms with Crippen LogP contribution in [0, 0.1) is 13.8 Å². The van der Waals surface area contributed by atoms with Gasteiger partial charge in [-0.15, -0.1) is 0 Å². The second-order valence-electron chi connectivity index (χ2n) is 10.8. The monoisotopic (exact) mass is 804 g/mol. The Morgan fingerprint density at radius 3 is 0.907 bits per heavy atom. The van der Waals surface area contributed by atoms with Crippen molar-refractivity contribution in [3.63, 3.8) is 0 Å². The molecule has 6 rings (SSSR count). The van der Waals surface area contributed by atoms with Crippen molar-refractivity contribution in [2.45, 2.75) is 53.4 Å². The van der Waals surface area contributed by atoms with Gasteiger partial charge in [0.2, 0.25) is 0 Å². The minimum Gasteiger partial charge on any atom is -0.867 e. The molecule has 0 unspecified atom stereocenters. The molecule has 6 aromatic rings. The van der Waals surface area contributed by atoms with Crippen molar-refractivity contribution < 1.29 is 42.1 Å². The third-order valence-electron chi connectivity index (χ3n) is 6.88. The minimum atomic E-state index is -3.17. The maximum atomic E-state index is 9.89. The van der Waals surface area contributed by atoms with Crippen LogP contribution in [0.4, 0.5) is 4.32 Å². The molecule has 0 saturated carbocycles. The van der Waals surface area contributed by atoms with Crippen LogP contribution in [0.3, 0.4) is 0 Å². The lowest BCUT2D eigenvalue weighted by Gasteiger charge is -2.09. The molecule has 0 aliphatic heterocycles. The summed E-state index contributed by atoms with van der Waals surface area (Å²) in [4.78, 5) is 6.82. The Balaban J connectivity index is 0.000000219. The Morgan fingerprint density at radius 2 is 0.667 bits per heavy atom. The van der Waals surface area contributed by atoms with Crippen molar-refractivity contribution in [2.75, 3.05) is 28.4 Å². The summed E-state index contributed by atoms with van der Waals surface area (Å²) >= 11 is 6.60. The molecule has 0 saturated heterocycles. The van der Waals surface area contributed by atoms with Crippen LogP contribution in [0.1, 0.15) is 11.5 Å². The van der Waals surface area contributed by atoms with Crippen LogP contribution in [0.15, 0.2) is 170 Å². The van der Waals surface area contributed by atoms with Crippen LogP contribution in [-0.4, -0.2) is 35.8 Å². The summed E-state index contributed by atoms with van der Waals surface area (Å²) in [6, 6.07) is 40.2. The van der Waals surface area contributed by atoms with Gasteiger partial charge in [0, 0.05) is 52.9 Å². The van der Waals surface area contributed by atoms with E-state index in [-0.39, 0.29) is 0 Å². The van der Waals surface area contributed by atoms with Crippen molar-refractivity contribution >= 4 is 54.4 Å². The van der Waals surface area contributed by atoms with Gasteiger partial charge < -0.3 is 33.3 Å². The lowest BCUT2D eigenvalue weighted by molar-refractivity contribution is -0.366. The molecule has 4 aromatic carbocycles. The van der Waals surface area contributed by atoms with Gasteiger partial charge in [0.15, 0.2) is 0 Å². The predicted molar refractivity (Wildman–Crippen MR) is 211 cm³/mol. The first-order chi connectivity index (χ1) is 26.0. The number of halogens is 1. The molecule has 0 bridgehead atoms. The summed E-state index contributed by atoms with van der Waals surface area (Å²) in [5, 5.41) is 18.3. The predicted octanol–water partition coefficient (Wildman–Crippen LogP) is 10.0. The van der Waals surface area contributed by atoms with Crippen molar-refractivity contribution in [2.24, 2.45) is 0 Å². The van der Waals surface area contributed by atoms with Gasteiger partial charge in [-0.1, -0.05) is 23.5 Å². The number of hydrogen-bond acceptors (Lipinski definition) is 10. The Labute approximate surface area is 332 Å². The van der Waals surface area contributed by atoms with Crippen LogP contribution < -0.4 is 29.0 Å². The van der Waals surface area contributed by atoms with Gasteiger partial charge in [0.25, 0.3) is 0 Å². The molecule has 0 amide bonds. The zero-order chi connectivity index (χ0) is 38.9. The highest BCUT2D eigenvalue weighted by molar-refractivity contribution is 8.00. The van der Waals surface area contributed by atoms with E-state index in [0.29, 0.717) is 0 Å². The fourth-order valence-corrected chi connectivity index (χ4v) is 8.20. The first-order valence-corrected chi connectivity index (χ1v) is 19.4. The molecule has 14 heteroatoms. The summed E-state index contributed by atoms with van der Waals surface area (Å²) in [5.41, 5.74) is 0. The Bertz CT molecular complexity index is 1740. The van der Waals surface area contributed by atoms with Crippen LogP contribution >= 0.6 is 47.0 Å². The highest BCUT2D eigenvalue weighted by Crippen LogP contribution is 2.37. The lowest BCUT2D eigenvalue weighted by atomic mass is 10.3. The van der Waals surface area contributed by atoms with E-state index in [1.54, 1.807) is 75.5 Å². The normalized spacial score (nSPS) is 10.2. The van der Waals surface area contributed by atoms with Gasteiger partial charge in [-0.3, -0.25) is 0 Å².